The van der Waals surface area contributed by atoms with Crippen molar-refractivity contribution in [3.63, 3.8) is 0 Å². The largest absolute Gasteiger partial charge is 0.373 e. The van der Waals surface area contributed by atoms with Crippen molar-refractivity contribution in [3.8, 4) is 0 Å². The summed E-state index contributed by atoms with van der Waals surface area (Å²) in [6.07, 6.45) is 12.2. The quantitative estimate of drug-likeness (QED) is 0.899. The van der Waals surface area contributed by atoms with E-state index in [1.54, 1.807) is 6.20 Å². The SMILES string of the molecule is COC1(c2ccnc(C(N)=O)c2)C2CCCC1CN(C1CCCCC1)C2. The first-order valence-electron chi connectivity index (χ1n) is 10.2. The number of nitrogens with zero attached hydrogens (tertiary/aromatic N) is 2. The van der Waals surface area contributed by atoms with Crippen LogP contribution in [0.4, 0.5) is 0 Å². The monoisotopic (exact) mass is 357 g/mol. The molecule has 1 aromatic rings. The average Bonchev–Trinajstić information content (AvgIpc) is 2.67. The zero-order valence-electron chi connectivity index (χ0n) is 15.8. The smallest absolute Gasteiger partial charge is 0.267 e. The number of hydrogen-bond acceptors (Lipinski definition) is 4. The van der Waals surface area contributed by atoms with Crippen molar-refractivity contribution >= 4 is 5.91 Å². The highest BCUT2D eigenvalue weighted by molar-refractivity contribution is 5.90. The maximum absolute atomic E-state index is 11.6. The Morgan fingerprint density at radius 3 is 2.46 bits per heavy atom. The van der Waals surface area contributed by atoms with Crippen molar-refractivity contribution in [3.05, 3.63) is 29.6 Å². The topological polar surface area (TPSA) is 68.5 Å². The lowest BCUT2D eigenvalue weighted by Crippen LogP contribution is -2.61. The molecule has 2 saturated carbocycles. The Bertz CT molecular complexity index is 642. The molecule has 1 aliphatic heterocycles. The maximum atomic E-state index is 11.6. The van der Waals surface area contributed by atoms with E-state index in [-0.39, 0.29) is 5.60 Å². The number of carbonyl (C=O) groups excluding carboxylic acids is 1. The van der Waals surface area contributed by atoms with Gasteiger partial charge in [0.15, 0.2) is 0 Å². The normalized spacial score (nSPS) is 33.1. The molecule has 26 heavy (non-hydrogen) atoms. The molecule has 1 amide bonds. The fourth-order valence-electron chi connectivity index (χ4n) is 5.94. The van der Waals surface area contributed by atoms with Gasteiger partial charge in [0.25, 0.3) is 5.91 Å². The highest BCUT2D eigenvalue weighted by atomic mass is 16.5. The molecule has 3 aliphatic rings. The lowest BCUT2D eigenvalue weighted by Gasteiger charge is -2.57. The van der Waals surface area contributed by atoms with Crippen LogP contribution in [0, 0.1) is 11.8 Å². The number of nitrogens with two attached hydrogens (primary N) is 1. The summed E-state index contributed by atoms with van der Waals surface area (Å²) in [6.45, 7) is 2.20. The molecule has 2 aliphatic carbocycles. The molecule has 0 spiro atoms. The van der Waals surface area contributed by atoms with Gasteiger partial charge in [-0.3, -0.25) is 14.7 Å². The van der Waals surface area contributed by atoms with E-state index in [2.05, 4.69) is 9.88 Å². The molecule has 4 rings (SSSR count). The molecule has 2 N–H and O–H groups in total. The minimum Gasteiger partial charge on any atom is -0.373 e. The van der Waals surface area contributed by atoms with E-state index < -0.39 is 5.91 Å². The van der Waals surface area contributed by atoms with E-state index in [1.165, 1.54) is 51.4 Å². The Morgan fingerprint density at radius 1 is 1.15 bits per heavy atom. The molecule has 5 nitrogen and oxygen atoms in total. The number of likely N-dealkylation sites (tertiary alicyclic amines) is 1. The second-order valence-electron chi connectivity index (χ2n) is 8.36. The van der Waals surface area contributed by atoms with Gasteiger partial charge in [-0.2, -0.15) is 0 Å². The Labute approximate surface area is 156 Å². The predicted molar refractivity (Wildman–Crippen MR) is 101 cm³/mol. The second-order valence-corrected chi connectivity index (χ2v) is 8.36. The van der Waals surface area contributed by atoms with Crippen molar-refractivity contribution in [2.24, 2.45) is 17.6 Å². The van der Waals surface area contributed by atoms with Gasteiger partial charge in [0.05, 0.1) is 0 Å². The Hall–Kier alpha value is -1.46. The number of carbonyl (C=O) groups is 1. The van der Waals surface area contributed by atoms with E-state index in [0.29, 0.717) is 17.5 Å². The van der Waals surface area contributed by atoms with Crippen LogP contribution in [0.25, 0.3) is 0 Å². The lowest BCUT2D eigenvalue weighted by molar-refractivity contribution is -0.175. The van der Waals surface area contributed by atoms with Gasteiger partial charge in [-0.1, -0.05) is 25.7 Å². The first-order valence-corrected chi connectivity index (χ1v) is 10.2. The minimum atomic E-state index is -0.470. The molecule has 0 radical (unpaired) electrons. The molecular formula is C21H31N3O2. The van der Waals surface area contributed by atoms with Crippen LogP contribution in [0.2, 0.25) is 0 Å². The van der Waals surface area contributed by atoms with Crippen LogP contribution in [-0.2, 0) is 10.3 Å². The van der Waals surface area contributed by atoms with E-state index >= 15 is 0 Å². The van der Waals surface area contributed by atoms with Crippen LogP contribution >= 0.6 is 0 Å². The molecule has 1 saturated heterocycles. The summed E-state index contributed by atoms with van der Waals surface area (Å²) < 4.78 is 6.30. The van der Waals surface area contributed by atoms with Crippen molar-refractivity contribution < 1.29 is 9.53 Å². The third-order valence-corrected chi connectivity index (χ3v) is 7.12. The van der Waals surface area contributed by atoms with Crippen molar-refractivity contribution in [1.82, 2.24) is 9.88 Å². The number of hydrogen-bond donors (Lipinski definition) is 1. The van der Waals surface area contributed by atoms with Crippen LogP contribution in [-0.4, -0.2) is 42.0 Å². The van der Waals surface area contributed by atoms with Gasteiger partial charge in [-0.05, 0) is 43.4 Å². The van der Waals surface area contributed by atoms with Crippen LogP contribution < -0.4 is 5.73 Å². The number of rotatable bonds is 4. The summed E-state index contributed by atoms with van der Waals surface area (Å²) in [7, 11) is 1.84. The highest BCUT2D eigenvalue weighted by Gasteiger charge is 2.54. The van der Waals surface area contributed by atoms with Crippen molar-refractivity contribution in [1.29, 1.82) is 0 Å². The predicted octanol–water partition coefficient (Wildman–Crippen LogP) is 3.09. The minimum absolute atomic E-state index is 0.309. The standard InChI is InChI=1S/C21H31N3O2/c1-26-21(15-10-11-23-19(12-15)20(22)25)16-6-5-7-17(21)14-24(13-16)18-8-3-2-4-9-18/h10-12,16-18H,2-9,13-14H2,1H3,(H2,22,25). The summed E-state index contributed by atoms with van der Waals surface area (Å²) in [5, 5.41) is 0. The number of aromatic nitrogens is 1. The molecule has 142 valence electrons. The van der Waals surface area contributed by atoms with Crippen molar-refractivity contribution in [2.75, 3.05) is 20.2 Å². The van der Waals surface area contributed by atoms with Crippen molar-refractivity contribution in [2.45, 2.75) is 63.0 Å². The third kappa shape index (κ3) is 2.95. The number of pyridine rings is 1. The molecule has 1 aromatic heterocycles. The Kier molecular flexibility index (Phi) is 5.02. The number of methoxy groups -OCH3 is 1. The number of amides is 1. The van der Waals surface area contributed by atoms with Gasteiger partial charge >= 0.3 is 0 Å². The molecular weight excluding hydrogens is 326 g/mol. The number of primary amides is 1. The molecule has 3 fully saturated rings. The van der Waals surface area contributed by atoms with E-state index in [4.69, 9.17) is 10.5 Å². The zero-order valence-corrected chi connectivity index (χ0v) is 15.8. The molecule has 2 bridgehead atoms. The van der Waals surface area contributed by atoms with Gasteiger partial charge in [0.1, 0.15) is 11.3 Å². The summed E-state index contributed by atoms with van der Waals surface area (Å²) in [5.74, 6) is 0.456. The van der Waals surface area contributed by atoms with E-state index in [1.807, 2.05) is 19.2 Å². The molecule has 2 atom stereocenters. The molecule has 2 heterocycles. The molecule has 2 unspecified atom stereocenters. The summed E-state index contributed by atoms with van der Waals surface area (Å²) in [5.41, 5.74) is 6.60. The summed E-state index contributed by atoms with van der Waals surface area (Å²) in [4.78, 5) is 18.5. The van der Waals surface area contributed by atoms with Crippen LogP contribution in [0.15, 0.2) is 18.3 Å². The van der Waals surface area contributed by atoms with Crippen LogP contribution in [0.1, 0.15) is 67.4 Å². The Balaban J connectivity index is 1.66. The lowest BCUT2D eigenvalue weighted by atomic mass is 9.62. The number of piperidine rings is 1. The van der Waals surface area contributed by atoms with E-state index in [0.717, 1.165) is 24.7 Å². The molecule has 5 heteroatoms. The highest BCUT2D eigenvalue weighted by Crippen LogP contribution is 2.52. The van der Waals surface area contributed by atoms with Gasteiger partial charge in [-0.15, -0.1) is 0 Å². The number of ether oxygens (including phenoxy) is 1. The van der Waals surface area contributed by atoms with Gasteiger partial charge in [0, 0.05) is 44.3 Å². The maximum Gasteiger partial charge on any atom is 0.267 e. The van der Waals surface area contributed by atoms with Crippen LogP contribution in [0.3, 0.4) is 0 Å². The van der Waals surface area contributed by atoms with Gasteiger partial charge < -0.3 is 10.5 Å². The van der Waals surface area contributed by atoms with Gasteiger partial charge in [0.2, 0.25) is 0 Å². The fraction of sp³-hybridized carbons (Fsp3) is 0.714. The first kappa shape index (κ1) is 17.9. The van der Waals surface area contributed by atoms with Crippen LogP contribution in [0.5, 0.6) is 0 Å². The average molecular weight is 357 g/mol. The molecule has 0 aromatic carbocycles. The summed E-state index contributed by atoms with van der Waals surface area (Å²) in [6, 6.07) is 4.64. The Morgan fingerprint density at radius 2 is 1.85 bits per heavy atom. The fourth-order valence-corrected chi connectivity index (χ4v) is 5.94. The zero-order chi connectivity index (χ0) is 18.1. The number of fused-ring (bicyclic) bond motifs is 2. The summed E-state index contributed by atoms with van der Waals surface area (Å²) >= 11 is 0. The first-order chi connectivity index (χ1) is 12.6. The second kappa shape index (κ2) is 7.28. The van der Waals surface area contributed by atoms with E-state index in [9.17, 15) is 4.79 Å². The third-order valence-electron chi connectivity index (χ3n) is 7.12. The van der Waals surface area contributed by atoms with Gasteiger partial charge in [-0.25, -0.2) is 0 Å².